The van der Waals surface area contributed by atoms with Gasteiger partial charge in [-0.05, 0) is 37.0 Å². The van der Waals surface area contributed by atoms with Gasteiger partial charge in [-0.25, -0.2) is 0 Å². The van der Waals surface area contributed by atoms with E-state index in [1.54, 1.807) is 0 Å². The summed E-state index contributed by atoms with van der Waals surface area (Å²) in [6, 6.07) is 6.99. The van der Waals surface area contributed by atoms with Crippen molar-refractivity contribution < 1.29 is 9.47 Å². The van der Waals surface area contributed by atoms with E-state index in [9.17, 15) is 0 Å². The molecule has 0 aromatic heterocycles. The van der Waals surface area contributed by atoms with E-state index in [1.807, 2.05) is 6.07 Å². The van der Waals surface area contributed by atoms with Crippen LogP contribution in [0.4, 0.5) is 0 Å². The lowest BCUT2D eigenvalue weighted by molar-refractivity contribution is 0.124. The predicted octanol–water partition coefficient (Wildman–Crippen LogP) is 2.15. The minimum Gasteiger partial charge on any atom is -0.454 e. The number of rotatable bonds is 2. The average molecular weight is 262 g/mol. The number of hydrogen-bond acceptors (Lipinski definition) is 4. The zero-order chi connectivity index (χ0) is 13.4. The van der Waals surface area contributed by atoms with Gasteiger partial charge in [0, 0.05) is 25.2 Å². The number of likely N-dealkylation sites (tertiary alicyclic amines) is 1. The highest BCUT2D eigenvalue weighted by atomic mass is 16.7. The van der Waals surface area contributed by atoms with Crippen LogP contribution < -0.4 is 15.2 Å². The molecule has 1 aromatic rings. The zero-order valence-corrected chi connectivity index (χ0v) is 11.6. The van der Waals surface area contributed by atoms with E-state index in [-0.39, 0.29) is 0 Å². The van der Waals surface area contributed by atoms with Crippen LogP contribution in [0.3, 0.4) is 0 Å². The lowest BCUT2D eigenvalue weighted by Crippen LogP contribution is -2.46. The van der Waals surface area contributed by atoms with Crippen molar-refractivity contribution in [2.75, 3.05) is 19.9 Å². The summed E-state index contributed by atoms with van der Waals surface area (Å²) in [5, 5.41) is 0. The molecule has 2 aliphatic rings. The molecule has 104 valence electrons. The van der Waals surface area contributed by atoms with E-state index in [0.717, 1.165) is 31.0 Å². The number of ether oxygens (including phenoxy) is 2. The lowest BCUT2D eigenvalue weighted by Gasteiger charge is -2.38. The number of hydrogen-bond donors (Lipinski definition) is 1. The Kier molecular flexibility index (Phi) is 3.37. The standard InChI is InChI=1S/C15H22N2O2/c1-10-8-17(6-5-13(10)16)11(2)12-3-4-14-15(7-12)19-9-18-14/h3-4,7,10-11,13H,5-6,8-9,16H2,1-2H3. The Bertz CT molecular complexity index is 463. The maximum absolute atomic E-state index is 6.09. The van der Waals surface area contributed by atoms with Gasteiger partial charge in [-0.15, -0.1) is 0 Å². The molecule has 3 rings (SSSR count). The summed E-state index contributed by atoms with van der Waals surface area (Å²) < 4.78 is 10.8. The van der Waals surface area contributed by atoms with Crippen molar-refractivity contribution in [3.05, 3.63) is 23.8 Å². The molecule has 4 nitrogen and oxygen atoms in total. The van der Waals surface area contributed by atoms with Crippen LogP contribution in [0.5, 0.6) is 11.5 Å². The maximum Gasteiger partial charge on any atom is 0.231 e. The van der Waals surface area contributed by atoms with Crippen LogP contribution in [0.1, 0.15) is 31.9 Å². The van der Waals surface area contributed by atoms with Crippen molar-refractivity contribution in [1.82, 2.24) is 4.90 Å². The largest absolute Gasteiger partial charge is 0.454 e. The van der Waals surface area contributed by atoms with Gasteiger partial charge in [0.2, 0.25) is 6.79 Å². The van der Waals surface area contributed by atoms with Gasteiger partial charge >= 0.3 is 0 Å². The van der Waals surface area contributed by atoms with Gasteiger partial charge < -0.3 is 15.2 Å². The Balaban J connectivity index is 1.75. The first-order valence-corrected chi connectivity index (χ1v) is 7.04. The lowest BCUT2D eigenvalue weighted by atomic mass is 9.92. The summed E-state index contributed by atoms with van der Waals surface area (Å²) in [5.41, 5.74) is 7.37. The third-order valence-electron chi connectivity index (χ3n) is 4.43. The van der Waals surface area contributed by atoms with Gasteiger partial charge in [0.25, 0.3) is 0 Å². The fourth-order valence-corrected chi connectivity index (χ4v) is 2.93. The van der Waals surface area contributed by atoms with Crippen LogP contribution in [0.2, 0.25) is 0 Å². The molecule has 3 unspecified atom stereocenters. The monoisotopic (exact) mass is 262 g/mol. The highest BCUT2D eigenvalue weighted by Crippen LogP contribution is 2.36. The molecular formula is C15H22N2O2. The molecule has 2 heterocycles. The Morgan fingerprint density at radius 1 is 1.32 bits per heavy atom. The molecule has 4 heteroatoms. The van der Waals surface area contributed by atoms with Crippen molar-refractivity contribution in [3.8, 4) is 11.5 Å². The third kappa shape index (κ3) is 2.42. The van der Waals surface area contributed by atoms with E-state index < -0.39 is 0 Å². The first-order chi connectivity index (χ1) is 9.15. The van der Waals surface area contributed by atoms with E-state index in [0.29, 0.717) is 24.8 Å². The van der Waals surface area contributed by atoms with Gasteiger partial charge in [0.05, 0.1) is 0 Å². The van der Waals surface area contributed by atoms with Gasteiger partial charge in [0.1, 0.15) is 0 Å². The molecule has 0 saturated carbocycles. The van der Waals surface area contributed by atoms with Crippen molar-refractivity contribution in [2.24, 2.45) is 11.7 Å². The zero-order valence-electron chi connectivity index (χ0n) is 11.6. The summed E-state index contributed by atoms with van der Waals surface area (Å²) >= 11 is 0. The third-order valence-corrected chi connectivity index (χ3v) is 4.43. The maximum atomic E-state index is 6.09. The molecule has 0 spiro atoms. The first kappa shape index (κ1) is 12.8. The summed E-state index contributed by atoms with van der Waals surface area (Å²) in [5.74, 6) is 2.28. The number of nitrogens with zero attached hydrogens (tertiary/aromatic N) is 1. The van der Waals surface area contributed by atoms with Crippen LogP contribution in [-0.2, 0) is 0 Å². The van der Waals surface area contributed by atoms with Gasteiger partial charge in [-0.2, -0.15) is 0 Å². The predicted molar refractivity (Wildman–Crippen MR) is 74.3 cm³/mol. The highest BCUT2D eigenvalue weighted by Gasteiger charge is 2.27. The van der Waals surface area contributed by atoms with Crippen LogP contribution in [0.15, 0.2) is 18.2 Å². The summed E-state index contributed by atoms with van der Waals surface area (Å²) in [6.45, 7) is 6.96. The number of fused-ring (bicyclic) bond motifs is 1. The van der Waals surface area contributed by atoms with Crippen LogP contribution in [0, 0.1) is 5.92 Å². The summed E-state index contributed by atoms with van der Waals surface area (Å²) in [6.07, 6.45) is 1.08. The van der Waals surface area contributed by atoms with Crippen molar-refractivity contribution in [2.45, 2.75) is 32.4 Å². The van der Waals surface area contributed by atoms with E-state index in [4.69, 9.17) is 15.2 Å². The minimum absolute atomic E-state index is 0.336. The SMILES string of the molecule is CC1CN(C(C)c2ccc3c(c2)OCO3)CCC1N. The first-order valence-electron chi connectivity index (χ1n) is 7.04. The molecule has 1 saturated heterocycles. The molecule has 0 radical (unpaired) electrons. The Hall–Kier alpha value is -1.26. The van der Waals surface area contributed by atoms with E-state index in [1.165, 1.54) is 5.56 Å². The molecule has 0 bridgehead atoms. The van der Waals surface area contributed by atoms with E-state index in [2.05, 4.69) is 30.9 Å². The quantitative estimate of drug-likeness (QED) is 0.887. The average Bonchev–Trinajstić information content (AvgIpc) is 2.88. The molecule has 2 aliphatic heterocycles. The molecule has 0 amide bonds. The second-order valence-corrected chi connectivity index (χ2v) is 5.71. The van der Waals surface area contributed by atoms with Gasteiger partial charge in [-0.3, -0.25) is 4.90 Å². The van der Waals surface area contributed by atoms with E-state index >= 15 is 0 Å². The Morgan fingerprint density at radius 2 is 2.11 bits per heavy atom. The smallest absolute Gasteiger partial charge is 0.231 e. The summed E-state index contributed by atoms with van der Waals surface area (Å²) in [7, 11) is 0. The molecule has 0 aliphatic carbocycles. The second kappa shape index (κ2) is 5.02. The molecule has 3 atom stereocenters. The minimum atomic E-state index is 0.336. The summed E-state index contributed by atoms with van der Waals surface area (Å²) in [4.78, 5) is 2.51. The van der Waals surface area contributed by atoms with Crippen molar-refractivity contribution in [1.29, 1.82) is 0 Å². The topological polar surface area (TPSA) is 47.7 Å². The molecule has 2 N–H and O–H groups in total. The Labute approximate surface area is 114 Å². The van der Waals surface area contributed by atoms with Gasteiger partial charge in [0.15, 0.2) is 11.5 Å². The fraction of sp³-hybridized carbons (Fsp3) is 0.600. The molecule has 1 aromatic carbocycles. The second-order valence-electron chi connectivity index (χ2n) is 5.71. The van der Waals surface area contributed by atoms with Crippen molar-refractivity contribution in [3.63, 3.8) is 0 Å². The molecule has 1 fully saturated rings. The number of piperidine rings is 1. The molecular weight excluding hydrogens is 240 g/mol. The van der Waals surface area contributed by atoms with Gasteiger partial charge in [-0.1, -0.05) is 13.0 Å². The van der Waals surface area contributed by atoms with Crippen LogP contribution in [-0.4, -0.2) is 30.8 Å². The Morgan fingerprint density at radius 3 is 2.89 bits per heavy atom. The van der Waals surface area contributed by atoms with Crippen LogP contribution >= 0.6 is 0 Å². The molecule has 19 heavy (non-hydrogen) atoms. The van der Waals surface area contributed by atoms with Crippen LogP contribution in [0.25, 0.3) is 0 Å². The van der Waals surface area contributed by atoms with Crippen molar-refractivity contribution >= 4 is 0 Å². The normalized spacial score (nSPS) is 28.4. The fourth-order valence-electron chi connectivity index (χ4n) is 2.93. The number of benzene rings is 1. The highest BCUT2D eigenvalue weighted by molar-refractivity contribution is 5.45. The number of nitrogens with two attached hydrogens (primary N) is 1.